The predicted molar refractivity (Wildman–Crippen MR) is 300 cm³/mol. The molecule has 3 unspecified atom stereocenters. The lowest BCUT2D eigenvalue weighted by Crippen LogP contribution is -2.45. The van der Waals surface area contributed by atoms with Crippen molar-refractivity contribution in [3.8, 4) is 0 Å². The first kappa shape index (κ1) is 68.0. The molecule has 3 N–H and O–H groups in total. The molecule has 0 aliphatic heterocycles. The molecule has 0 fully saturated rings. The Labute approximate surface area is 430 Å². The van der Waals surface area contributed by atoms with E-state index in [9.17, 15) is 19.4 Å². The first-order chi connectivity index (χ1) is 33.5. The van der Waals surface area contributed by atoms with Crippen molar-refractivity contribution in [2.75, 3.05) is 40.9 Å². The minimum atomic E-state index is -4.35. The van der Waals surface area contributed by atoms with Crippen LogP contribution >= 0.6 is 7.82 Å². The van der Waals surface area contributed by atoms with E-state index in [4.69, 9.17) is 9.05 Å². The third-order valence-electron chi connectivity index (χ3n) is 13.9. The number of aliphatic hydroxyl groups excluding tert-OH is 1. The van der Waals surface area contributed by atoms with E-state index in [1.54, 1.807) is 6.08 Å². The number of phosphoric acid groups is 1. The monoisotopic (exact) mass is 996 g/mol. The highest BCUT2D eigenvalue weighted by Crippen LogP contribution is 2.43. The molecule has 0 aliphatic carbocycles. The van der Waals surface area contributed by atoms with Gasteiger partial charge >= 0.3 is 7.82 Å². The van der Waals surface area contributed by atoms with Gasteiger partial charge in [0, 0.05) is 6.42 Å². The number of likely N-dealkylation sites (N-methyl/N-ethyl adjacent to an activating group) is 1. The molecule has 9 heteroatoms. The average Bonchev–Trinajstić information content (AvgIpc) is 3.31. The van der Waals surface area contributed by atoms with Gasteiger partial charge in [-0.05, 0) is 32.1 Å². The van der Waals surface area contributed by atoms with Crippen LogP contribution in [0.1, 0.15) is 303 Å². The first-order valence-corrected chi connectivity index (χ1v) is 31.7. The normalized spacial score (nSPS) is 14.0. The number of hydrogen-bond donors (Lipinski definition) is 3. The minimum Gasteiger partial charge on any atom is -0.387 e. The summed E-state index contributed by atoms with van der Waals surface area (Å²) in [7, 11) is 1.57. The van der Waals surface area contributed by atoms with Gasteiger partial charge in [-0.3, -0.25) is 13.8 Å². The SMILES string of the molecule is CCCCCCCCCCCCCCCC/C=C/CC/C=C/C(O)C(COP(=O)(O)OCC[N+](C)(C)C)NC(=O)CCCCCCCCCCCCCCCCCCCCCCCCCCCCC. The van der Waals surface area contributed by atoms with Crippen LogP contribution < -0.4 is 5.32 Å². The Morgan fingerprint density at radius 1 is 0.478 bits per heavy atom. The van der Waals surface area contributed by atoms with Crippen molar-refractivity contribution in [3.63, 3.8) is 0 Å². The molecule has 0 saturated heterocycles. The molecule has 410 valence electrons. The van der Waals surface area contributed by atoms with Gasteiger partial charge in [0.2, 0.25) is 5.91 Å². The number of unbranched alkanes of at least 4 members (excludes halogenated alkanes) is 41. The maximum Gasteiger partial charge on any atom is 0.472 e. The maximum atomic E-state index is 13.0. The second-order valence-electron chi connectivity index (χ2n) is 22.1. The lowest BCUT2D eigenvalue weighted by Gasteiger charge is -2.25. The van der Waals surface area contributed by atoms with Crippen molar-refractivity contribution in [3.05, 3.63) is 24.3 Å². The molecule has 69 heavy (non-hydrogen) atoms. The van der Waals surface area contributed by atoms with Crippen molar-refractivity contribution in [2.45, 2.75) is 315 Å². The van der Waals surface area contributed by atoms with Crippen molar-refractivity contribution in [1.82, 2.24) is 5.32 Å². The zero-order valence-corrected chi connectivity index (χ0v) is 47.7. The molecule has 0 aromatic heterocycles. The van der Waals surface area contributed by atoms with Gasteiger partial charge in [0.05, 0.1) is 39.9 Å². The van der Waals surface area contributed by atoms with Gasteiger partial charge in [-0.2, -0.15) is 0 Å². The first-order valence-electron chi connectivity index (χ1n) is 30.2. The molecular weight excluding hydrogens is 876 g/mol. The van der Waals surface area contributed by atoms with E-state index < -0.39 is 20.0 Å². The molecule has 0 saturated carbocycles. The predicted octanol–water partition coefficient (Wildman–Crippen LogP) is 18.4. The Hall–Kier alpha value is -1.02. The molecule has 0 bridgehead atoms. The summed E-state index contributed by atoms with van der Waals surface area (Å²) in [6.07, 6.45) is 65.8. The summed E-state index contributed by atoms with van der Waals surface area (Å²) < 4.78 is 23.7. The molecule has 0 aliphatic rings. The van der Waals surface area contributed by atoms with Gasteiger partial charge in [-0.25, -0.2) is 4.57 Å². The molecule has 0 rings (SSSR count). The second kappa shape index (κ2) is 51.9. The van der Waals surface area contributed by atoms with Crippen molar-refractivity contribution < 1.29 is 32.9 Å². The molecule has 8 nitrogen and oxygen atoms in total. The fourth-order valence-corrected chi connectivity index (χ4v) is 9.92. The van der Waals surface area contributed by atoms with Crippen LogP contribution in [0.15, 0.2) is 24.3 Å². The van der Waals surface area contributed by atoms with Crippen LogP contribution in [0.2, 0.25) is 0 Å². The van der Waals surface area contributed by atoms with E-state index in [0.29, 0.717) is 17.4 Å². The van der Waals surface area contributed by atoms with E-state index in [-0.39, 0.29) is 19.1 Å². The Morgan fingerprint density at radius 3 is 1.16 bits per heavy atom. The Bertz CT molecular complexity index is 1170. The van der Waals surface area contributed by atoms with Crippen LogP contribution in [0.3, 0.4) is 0 Å². The second-order valence-corrected chi connectivity index (χ2v) is 23.5. The number of quaternary nitrogens is 1. The standard InChI is InChI=1S/C60H119N2O6P/c1-6-8-10-12-14-16-18-20-22-24-26-28-29-30-31-32-33-34-36-38-40-42-44-46-48-50-52-54-60(64)61-58(57-68-69(65,66)67-56-55-62(3,4)5)59(63)53-51-49-47-45-43-41-39-37-35-27-25-23-21-19-17-15-13-11-9-7-2/h43,45,51,53,58-59,63H,6-42,44,46-50,52,54-57H2,1-5H3,(H-,61,64,65,66)/p+1/b45-43+,53-51+. The lowest BCUT2D eigenvalue weighted by molar-refractivity contribution is -0.870. The number of phosphoric ester groups is 1. The molecule has 0 heterocycles. The number of nitrogens with zero attached hydrogens (tertiary/aromatic N) is 1. The number of amides is 1. The summed E-state index contributed by atoms with van der Waals surface area (Å²) in [5.41, 5.74) is 0. The third kappa shape index (κ3) is 54.6. The van der Waals surface area contributed by atoms with Crippen molar-refractivity contribution in [1.29, 1.82) is 0 Å². The topological polar surface area (TPSA) is 105 Å². The summed E-state index contributed by atoms with van der Waals surface area (Å²) in [5, 5.41) is 13.9. The molecular formula is C60H120N2O6P+. The average molecular weight is 997 g/mol. The highest BCUT2D eigenvalue weighted by atomic mass is 31.2. The number of hydrogen-bond acceptors (Lipinski definition) is 5. The molecule has 0 radical (unpaired) electrons. The Balaban J connectivity index is 4.15. The number of rotatable bonds is 56. The summed E-state index contributed by atoms with van der Waals surface area (Å²) in [4.78, 5) is 23.3. The molecule has 3 atom stereocenters. The van der Waals surface area contributed by atoms with Crippen LogP contribution in [-0.2, 0) is 18.4 Å². The van der Waals surface area contributed by atoms with E-state index in [1.807, 2.05) is 27.2 Å². The summed E-state index contributed by atoms with van der Waals surface area (Å²) in [6.45, 7) is 4.84. The van der Waals surface area contributed by atoms with Gasteiger partial charge in [0.15, 0.2) is 0 Å². The highest BCUT2D eigenvalue weighted by molar-refractivity contribution is 7.47. The van der Waals surface area contributed by atoms with Gasteiger partial charge in [-0.1, -0.05) is 289 Å². The number of carbonyl (C=O) groups is 1. The van der Waals surface area contributed by atoms with Crippen LogP contribution in [0, 0.1) is 0 Å². The summed E-state index contributed by atoms with van der Waals surface area (Å²) in [6, 6.07) is -0.860. The zero-order valence-electron chi connectivity index (χ0n) is 46.8. The van der Waals surface area contributed by atoms with Crippen LogP contribution in [0.25, 0.3) is 0 Å². The van der Waals surface area contributed by atoms with Gasteiger partial charge in [0.1, 0.15) is 13.2 Å². The van der Waals surface area contributed by atoms with Crippen LogP contribution in [-0.4, -0.2) is 73.4 Å². The number of aliphatic hydroxyl groups is 1. The molecule has 0 spiro atoms. The smallest absolute Gasteiger partial charge is 0.387 e. The summed E-state index contributed by atoms with van der Waals surface area (Å²) in [5.74, 6) is -0.180. The fourth-order valence-electron chi connectivity index (χ4n) is 9.18. The van der Waals surface area contributed by atoms with Crippen molar-refractivity contribution >= 4 is 13.7 Å². The van der Waals surface area contributed by atoms with E-state index in [1.165, 1.54) is 244 Å². The van der Waals surface area contributed by atoms with Crippen molar-refractivity contribution in [2.24, 2.45) is 0 Å². The van der Waals surface area contributed by atoms with Crippen LogP contribution in [0.5, 0.6) is 0 Å². The largest absolute Gasteiger partial charge is 0.472 e. The summed E-state index contributed by atoms with van der Waals surface area (Å²) >= 11 is 0. The Kier molecular flexibility index (Phi) is 51.1. The van der Waals surface area contributed by atoms with E-state index >= 15 is 0 Å². The maximum absolute atomic E-state index is 13.0. The fraction of sp³-hybridized carbons (Fsp3) is 0.917. The zero-order chi connectivity index (χ0) is 50.6. The molecule has 1 amide bonds. The number of allylic oxidation sites excluding steroid dienone is 3. The number of nitrogens with one attached hydrogen (secondary N) is 1. The lowest BCUT2D eigenvalue weighted by atomic mass is 10.0. The van der Waals surface area contributed by atoms with Gasteiger partial charge in [-0.15, -0.1) is 0 Å². The van der Waals surface area contributed by atoms with Gasteiger partial charge in [0.25, 0.3) is 0 Å². The van der Waals surface area contributed by atoms with Gasteiger partial charge < -0.3 is 19.8 Å². The Morgan fingerprint density at radius 2 is 0.797 bits per heavy atom. The quantitative estimate of drug-likeness (QED) is 0.0243. The third-order valence-corrected chi connectivity index (χ3v) is 14.9. The van der Waals surface area contributed by atoms with E-state index in [2.05, 4.69) is 31.3 Å². The highest BCUT2D eigenvalue weighted by Gasteiger charge is 2.27. The minimum absolute atomic E-state index is 0.0588. The van der Waals surface area contributed by atoms with Crippen LogP contribution in [0.4, 0.5) is 0 Å². The number of carbonyl (C=O) groups excluding carboxylic acids is 1. The molecule has 0 aromatic carbocycles. The molecule has 0 aromatic rings. The van der Waals surface area contributed by atoms with E-state index in [0.717, 1.165) is 38.5 Å².